The third kappa shape index (κ3) is 15.1. The molecule has 0 aliphatic heterocycles. The predicted octanol–water partition coefficient (Wildman–Crippen LogP) is -5.00. The molecule has 6 unspecified atom stereocenters. The van der Waals surface area contributed by atoms with Crippen LogP contribution in [0.25, 0.3) is 10.8 Å². The number of anilines is 1. The lowest BCUT2D eigenvalue weighted by molar-refractivity contribution is -0.385. The average molecular weight is 1020 g/mol. The topological polar surface area (TPSA) is 533 Å². The lowest BCUT2D eigenvalue weighted by Crippen LogP contribution is -2.58. The summed E-state index contributed by atoms with van der Waals surface area (Å²) in [6.07, 6.45) is -16.7. The highest BCUT2D eigenvalue weighted by atomic mass is 19.4. The number of non-ortho nitro benzene ring substituents is 1. The third-order valence-corrected chi connectivity index (χ3v) is 9.60. The Bertz CT molecular complexity index is 2870. The smallest absolute Gasteiger partial charge is 0.418 e. The fraction of sp³-hybridized carbons (Fsp3) is 0.200. The van der Waals surface area contributed by atoms with Gasteiger partial charge < -0.3 is 93.3 Å². The van der Waals surface area contributed by atoms with Crippen LogP contribution in [-0.4, -0.2) is 105 Å². The summed E-state index contributed by atoms with van der Waals surface area (Å²) in [5.74, 6) is -12.4. The third-order valence-electron chi connectivity index (χ3n) is 9.60. The van der Waals surface area contributed by atoms with Gasteiger partial charge in [0, 0.05) is 17.7 Å². The first kappa shape index (κ1) is 55.4. The van der Waals surface area contributed by atoms with Crippen molar-refractivity contribution in [2.24, 2.45) is 71.6 Å². The van der Waals surface area contributed by atoms with Crippen molar-refractivity contribution < 1.29 is 57.1 Å². The van der Waals surface area contributed by atoms with Crippen LogP contribution in [0.2, 0.25) is 0 Å². The van der Waals surface area contributed by atoms with Crippen LogP contribution in [0.5, 0.6) is 5.75 Å². The maximum Gasteiger partial charge on any atom is 0.418 e. The van der Waals surface area contributed by atoms with E-state index in [0.29, 0.717) is 22.4 Å². The van der Waals surface area contributed by atoms with Crippen molar-refractivity contribution in [1.29, 1.82) is 0 Å². The number of carbonyl (C=O) groups excluding carboxylic acids is 6. The van der Waals surface area contributed by atoms with Crippen LogP contribution in [0.4, 0.5) is 24.5 Å². The summed E-state index contributed by atoms with van der Waals surface area (Å²) >= 11 is 0. The molecule has 4 aromatic carbocycles. The summed E-state index contributed by atoms with van der Waals surface area (Å²) in [6, 6.07) is 15.2. The Morgan fingerprint density at radius 1 is 0.616 bits per heavy atom. The molecular formula is C40H47F3N20O10. The van der Waals surface area contributed by atoms with E-state index in [2.05, 4.69) is 30.6 Å². The van der Waals surface area contributed by atoms with Crippen LogP contribution in [-0.2, 0) is 41.5 Å². The van der Waals surface area contributed by atoms with Gasteiger partial charge in [0.15, 0.2) is 23.8 Å². The number of nitrogens with two attached hydrogens (primary N) is 9. The number of aromatic hydroxyl groups is 1. The molecule has 0 fully saturated rings. The number of halogens is 3. The molecule has 388 valence electrons. The first-order valence-electron chi connectivity index (χ1n) is 20.4. The molecule has 0 spiro atoms. The number of phenolic OH excluding ortho intramolecular Hbond substituents is 1. The lowest BCUT2D eigenvalue weighted by atomic mass is 10.0. The molecule has 4 rings (SSSR count). The Morgan fingerprint density at radius 2 is 1.08 bits per heavy atom. The Labute approximate surface area is 408 Å². The van der Waals surface area contributed by atoms with E-state index >= 15 is 0 Å². The number of guanidine groups is 4. The molecule has 0 aliphatic carbocycles. The quantitative estimate of drug-likeness (QED) is 0.0122. The normalized spacial score (nSPS) is 13.4. The first-order valence-corrected chi connectivity index (χ1v) is 20.4. The van der Waals surface area contributed by atoms with E-state index in [1.807, 2.05) is 16.0 Å². The van der Waals surface area contributed by atoms with E-state index in [4.69, 9.17) is 51.6 Å². The molecule has 6 amide bonds. The molecule has 73 heavy (non-hydrogen) atoms. The highest BCUT2D eigenvalue weighted by Gasteiger charge is 2.40. The van der Waals surface area contributed by atoms with Gasteiger partial charge in [-0.05, 0) is 28.5 Å². The number of benzene rings is 4. The number of aliphatic hydroxyl groups is 1. The number of carbonyl (C=O) groups is 6. The van der Waals surface area contributed by atoms with Crippen LogP contribution < -0.4 is 83.1 Å². The second kappa shape index (κ2) is 23.9. The van der Waals surface area contributed by atoms with Gasteiger partial charge in [0.05, 0.1) is 22.7 Å². The minimum absolute atomic E-state index is 0.103. The lowest BCUT2D eigenvalue weighted by Gasteiger charge is -2.33. The van der Waals surface area contributed by atoms with E-state index in [1.54, 1.807) is 12.1 Å². The van der Waals surface area contributed by atoms with Crippen LogP contribution in [0.1, 0.15) is 22.7 Å². The van der Waals surface area contributed by atoms with E-state index in [1.165, 1.54) is 54.6 Å². The molecule has 4 aromatic rings. The Morgan fingerprint density at radius 3 is 1.56 bits per heavy atom. The van der Waals surface area contributed by atoms with Crippen molar-refractivity contribution in [3.05, 3.63) is 112 Å². The molecule has 0 bridgehead atoms. The van der Waals surface area contributed by atoms with Gasteiger partial charge >= 0.3 is 6.18 Å². The number of alkyl halides is 3. The van der Waals surface area contributed by atoms with Crippen molar-refractivity contribution in [3.8, 4) is 5.75 Å². The number of aliphatic imine (C=N–C) groups is 4. The number of amides is 6. The van der Waals surface area contributed by atoms with Gasteiger partial charge in [0.1, 0.15) is 11.8 Å². The van der Waals surface area contributed by atoms with Gasteiger partial charge in [0.25, 0.3) is 35.2 Å². The number of nitro groups is 1. The summed E-state index contributed by atoms with van der Waals surface area (Å²) in [5, 5.41) is 45.3. The number of nitro benzene ring substituents is 1. The highest BCUT2D eigenvalue weighted by molar-refractivity contribution is 5.99. The summed E-state index contributed by atoms with van der Waals surface area (Å²) in [4.78, 5) is 106. The number of primary amides is 1. The van der Waals surface area contributed by atoms with E-state index in [9.17, 15) is 62.3 Å². The van der Waals surface area contributed by atoms with E-state index in [0.717, 1.165) is 0 Å². The second-order valence-electron chi connectivity index (χ2n) is 14.9. The van der Waals surface area contributed by atoms with E-state index < -0.39 is 137 Å². The molecule has 6 atom stereocenters. The standard InChI is InChI=1S/C40H47F3N20O10/c41-40(42,43)21-14-18(63(72)73)11-12-22(21)62(15-20-19-9-5-4-6-16(19)10-13-23(20)64)35(71)34(70)53-24(17-7-2-1-3-8-17)30(66)55-27(59-37(47)48)32(68)57-29(61-39(51)52)33(69)56-28(60-38(49)50)31(67)54-26(25(44)65)58-36(45)46/h1-14,24,26-29,35,64,71H,15H2,(H2,44,65)(H,53,70)(H,54,67)(H,55,66)(H,56,69)(H,57,68)(H4,45,46,58)(H4,47,48,59)(H4,49,50,60)(H4,51,52,61). The zero-order valence-electron chi connectivity index (χ0n) is 37.4. The second-order valence-corrected chi connectivity index (χ2v) is 14.9. The van der Waals surface area contributed by atoms with Crippen molar-refractivity contribution in [3.63, 3.8) is 0 Å². The molecule has 25 N–H and O–H groups in total. The number of aliphatic hydroxyl groups excluding tert-OH is 1. The molecule has 30 nitrogen and oxygen atoms in total. The average Bonchev–Trinajstić information content (AvgIpc) is 3.30. The van der Waals surface area contributed by atoms with Gasteiger partial charge in [-0.1, -0.05) is 60.7 Å². The Kier molecular flexibility index (Phi) is 18.1. The van der Waals surface area contributed by atoms with E-state index in [-0.39, 0.29) is 22.6 Å². The van der Waals surface area contributed by atoms with Gasteiger partial charge in [-0.3, -0.25) is 38.9 Å². The monoisotopic (exact) mass is 1020 g/mol. The first-order chi connectivity index (χ1) is 34.2. The zero-order chi connectivity index (χ0) is 54.5. The number of nitrogens with zero attached hydrogens (tertiary/aromatic N) is 6. The van der Waals surface area contributed by atoms with Crippen molar-refractivity contribution in [2.45, 2.75) is 49.7 Å². The van der Waals surface area contributed by atoms with Crippen molar-refractivity contribution in [2.75, 3.05) is 4.90 Å². The maximum absolute atomic E-state index is 14.7. The predicted molar refractivity (Wildman–Crippen MR) is 253 cm³/mol. The van der Waals surface area contributed by atoms with Crippen molar-refractivity contribution >= 4 is 81.4 Å². The van der Waals surface area contributed by atoms with Crippen LogP contribution in [0, 0.1) is 10.1 Å². The molecule has 0 aliphatic rings. The minimum Gasteiger partial charge on any atom is -0.508 e. The number of rotatable bonds is 21. The SMILES string of the molecule is NC(=O)C(N=C(N)N)NC(=O)C(N=C(N)N)NC(=O)C(N=C(N)N)NC(=O)C(N=C(N)N)NC(=O)C(NC(=O)C(O)N(Cc1c(O)ccc2ccccc12)c1ccc([N+](=O)[O-])cc1C(F)(F)F)c1ccccc1. The van der Waals surface area contributed by atoms with Gasteiger partial charge in [0.2, 0.25) is 36.8 Å². The van der Waals surface area contributed by atoms with Crippen LogP contribution in [0.15, 0.2) is 105 Å². The van der Waals surface area contributed by atoms with Crippen LogP contribution >= 0.6 is 0 Å². The summed E-state index contributed by atoms with van der Waals surface area (Å²) in [6.45, 7) is -0.870. The molecule has 0 heterocycles. The summed E-state index contributed by atoms with van der Waals surface area (Å²) in [7, 11) is 0. The van der Waals surface area contributed by atoms with Crippen LogP contribution in [0.3, 0.4) is 0 Å². The van der Waals surface area contributed by atoms with Gasteiger partial charge in [-0.25, -0.2) is 20.0 Å². The minimum atomic E-state index is -5.35. The highest BCUT2D eigenvalue weighted by Crippen LogP contribution is 2.41. The molecule has 0 saturated carbocycles. The Hall–Kier alpha value is -10.2. The molecule has 0 aromatic heterocycles. The number of phenols is 1. The number of nitrogens with one attached hydrogen (secondary N) is 5. The number of hydrogen-bond donors (Lipinski definition) is 16. The summed E-state index contributed by atoms with van der Waals surface area (Å²) < 4.78 is 44.2. The summed E-state index contributed by atoms with van der Waals surface area (Å²) in [5.41, 5.74) is 44.7. The van der Waals surface area contributed by atoms with Gasteiger partial charge in [-0.15, -0.1) is 0 Å². The Balaban J connectivity index is 1.73. The van der Waals surface area contributed by atoms with Crippen molar-refractivity contribution in [1.82, 2.24) is 26.6 Å². The molecule has 33 heteroatoms. The zero-order valence-corrected chi connectivity index (χ0v) is 37.4. The molecule has 0 saturated heterocycles. The number of fused-ring (bicyclic) bond motifs is 1. The molecule has 0 radical (unpaired) electrons. The van der Waals surface area contributed by atoms with Gasteiger partial charge in [-0.2, -0.15) is 13.2 Å². The largest absolute Gasteiger partial charge is 0.508 e. The fourth-order valence-corrected chi connectivity index (χ4v) is 6.48. The fourth-order valence-electron chi connectivity index (χ4n) is 6.48. The number of hydrogen-bond acceptors (Lipinski definition) is 15. The molecular weight excluding hydrogens is 978 g/mol. The maximum atomic E-state index is 14.7.